The number of phosphoric acid groups is 3. The number of H-pyrrole nitrogens is 1. The Labute approximate surface area is 201 Å². The van der Waals surface area contributed by atoms with E-state index in [-0.39, 0.29) is 23.0 Å². The first kappa shape index (κ1) is 29.0. The molecule has 1 fully saturated rings. The maximum Gasteiger partial charge on any atom is 0.490 e. The number of imidazole rings is 1. The molecule has 2 unspecified atom stereocenters. The van der Waals surface area contributed by atoms with Crippen molar-refractivity contribution in [2.45, 2.75) is 38.4 Å². The zero-order valence-corrected chi connectivity index (χ0v) is 21.2. The molecule has 0 amide bonds. The number of aliphatic hydroxyl groups is 2. The first-order valence-corrected chi connectivity index (χ1v) is 14.5. The normalized spacial score (nSPS) is 26.2. The van der Waals surface area contributed by atoms with Gasteiger partial charge in [-0.1, -0.05) is 13.8 Å². The predicted molar refractivity (Wildman–Crippen MR) is 117 cm³/mol. The van der Waals surface area contributed by atoms with Crippen LogP contribution >= 0.6 is 23.5 Å². The Hall–Kier alpha value is -1.56. The molecule has 0 bridgehead atoms. The number of rotatable bonds is 11. The molecule has 0 spiro atoms. The van der Waals surface area contributed by atoms with Crippen LogP contribution in [-0.2, 0) is 31.6 Å². The fourth-order valence-corrected chi connectivity index (χ4v) is 6.09. The molecule has 204 valence electrons. The highest BCUT2D eigenvalue weighted by molar-refractivity contribution is 7.66. The molecule has 1 aliphatic rings. The van der Waals surface area contributed by atoms with Crippen molar-refractivity contribution < 1.29 is 61.4 Å². The highest BCUT2D eigenvalue weighted by Gasteiger charge is 2.47. The summed E-state index contributed by atoms with van der Waals surface area (Å²) in [5.41, 5.74) is -0.718. The summed E-state index contributed by atoms with van der Waals surface area (Å²) in [6.07, 6.45) is -5.21. The number of anilines is 1. The monoisotopic (exact) mass is 579 g/mol. The van der Waals surface area contributed by atoms with Gasteiger partial charge >= 0.3 is 23.5 Å². The highest BCUT2D eigenvalue weighted by atomic mass is 31.3. The molecule has 1 saturated heterocycles. The average Bonchev–Trinajstić information content (AvgIpc) is 3.24. The van der Waals surface area contributed by atoms with E-state index < -0.39 is 60.2 Å². The third kappa shape index (κ3) is 7.26. The lowest BCUT2D eigenvalue weighted by Gasteiger charge is -2.19. The molecule has 22 heteroatoms. The molecule has 6 atom stereocenters. The fourth-order valence-electron chi connectivity index (χ4n) is 3.06. The molecule has 19 nitrogen and oxygen atoms in total. The van der Waals surface area contributed by atoms with E-state index in [1.807, 2.05) is 13.8 Å². The molecule has 2 aromatic heterocycles. The van der Waals surface area contributed by atoms with Crippen molar-refractivity contribution in [1.82, 2.24) is 19.5 Å². The van der Waals surface area contributed by atoms with Crippen LogP contribution in [0.4, 0.5) is 5.95 Å². The molecule has 3 heterocycles. The Kier molecular flexibility index (Phi) is 8.59. The zero-order chi connectivity index (χ0) is 27.1. The van der Waals surface area contributed by atoms with Crippen LogP contribution in [0.1, 0.15) is 20.1 Å². The van der Waals surface area contributed by atoms with Crippen molar-refractivity contribution in [3.8, 4) is 0 Å². The van der Waals surface area contributed by atoms with E-state index in [0.717, 1.165) is 10.9 Å². The Bertz CT molecular complexity index is 1290. The minimum Gasteiger partial charge on any atom is -0.387 e. The molecule has 2 aromatic rings. The Morgan fingerprint density at radius 1 is 1.14 bits per heavy atom. The number of nitrogens with one attached hydrogen (secondary N) is 2. The molecule has 1 aliphatic heterocycles. The van der Waals surface area contributed by atoms with Crippen molar-refractivity contribution >= 4 is 40.6 Å². The lowest BCUT2D eigenvalue weighted by atomic mass is 10.1. The van der Waals surface area contributed by atoms with Gasteiger partial charge in [-0.05, 0) is 5.92 Å². The van der Waals surface area contributed by atoms with Crippen molar-refractivity contribution in [3.05, 3.63) is 16.7 Å². The number of aromatic amines is 1. The topological polar surface area (TPSA) is 285 Å². The second-order valence-electron chi connectivity index (χ2n) is 7.95. The molecule has 0 radical (unpaired) electrons. The summed E-state index contributed by atoms with van der Waals surface area (Å²) in [4.78, 5) is 58.9. The van der Waals surface area contributed by atoms with Crippen molar-refractivity contribution in [2.75, 3.05) is 18.5 Å². The molecule has 8 N–H and O–H groups in total. The van der Waals surface area contributed by atoms with E-state index in [1.165, 1.54) is 0 Å². The van der Waals surface area contributed by atoms with Gasteiger partial charge in [0.2, 0.25) is 5.95 Å². The van der Waals surface area contributed by atoms with E-state index in [4.69, 9.17) is 14.5 Å². The standard InChI is InChI=1S/C14H24N5O14P3/c1-6(2)3-15-14-17-11-8(12(22)18-14)16-5-19(11)13-10(21)9(20)7(31-13)4-30-35(26,27)33-36(28,29)32-34(23,24)25/h5-7,9-10,13,20-21H,3-4H2,1-2H3,(H,26,27)(H,28,29)(H2,23,24,25)(H2,15,17,18,22)/t7-,9-,10-,13-/m1/s1. The number of aromatic nitrogens is 4. The van der Waals surface area contributed by atoms with E-state index in [2.05, 4.69) is 33.4 Å². The molecular weight excluding hydrogens is 555 g/mol. The molecule has 0 aliphatic carbocycles. The summed E-state index contributed by atoms with van der Waals surface area (Å²) in [5.74, 6) is 0.335. The van der Waals surface area contributed by atoms with Crippen molar-refractivity contribution in [2.24, 2.45) is 5.92 Å². The second-order valence-corrected chi connectivity index (χ2v) is 12.4. The largest absolute Gasteiger partial charge is 0.490 e. The number of hydrogen-bond acceptors (Lipinski definition) is 13. The van der Waals surface area contributed by atoms with Gasteiger partial charge in [0.05, 0.1) is 12.9 Å². The van der Waals surface area contributed by atoms with Crippen LogP contribution in [0.3, 0.4) is 0 Å². The predicted octanol–water partition coefficient (Wildman–Crippen LogP) is -0.850. The minimum atomic E-state index is -5.74. The highest BCUT2D eigenvalue weighted by Crippen LogP contribution is 2.66. The number of hydrogen-bond donors (Lipinski definition) is 8. The smallest absolute Gasteiger partial charge is 0.387 e. The summed E-state index contributed by atoms with van der Waals surface area (Å²) in [6.45, 7) is 3.34. The van der Waals surface area contributed by atoms with Crippen LogP contribution in [-0.4, -0.2) is 80.8 Å². The van der Waals surface area contributed by atoms with Crippen LogP contribution in [0.25, 0.3) is 11.2 Å². The van der Waals surface area contributed by atoms with Crippen LogP contribution in [0.2, 0.25) is 0 Å². The van der Waals surface area contributed by atoms with E-state index >= 15 is 0 Å². The van der Waals surface area contributed by atoms with Gasteiger partial charge in [-0.2, -0.15) is 13.6 Å². The summed E-state index contributed by atoms with van der Waals surface area (Å²) in [6, 6.07) is 0. The molecule has 0 aromatic carbocycles. The second kappa shape index (κ2) is 10.7. The molecule has 0 saturated carbocycles. The summed E-state index contributed by atoms with van der Waals surface area (Å²) < 4.78 is 52.3. The van der Waals surface area contributed by atoms with E-state index in [1.54, 1.807) is 0 Å². The molecule has 3 rings (SSSR count). The number of phosphoric ester groups is 1. The lowest BCUT2D eigenvalue weighted by Crippen LogP contribution is -2.33. The number of nitrogens with zero attached hydrogens (tertiary/aromatic N) is 3. The number of fused-ring (bicyclic) bond motifs is 1. The minimum absolute atomic E-state index is 0.0187. The van der Waals surface area contributed by atoms with Crippen LogP contribution in [0, 0.1) is 5.92 Å². The van der Waals surface area contributed by atoms with Gasteiger partial charge in [-0.15, -0.1) is 0 Å². The Morgan fingerprint density at radius 3 is 2.42 bits per heavy atom. The van der Waals surface area contributed by atoms with E-state index in [0.29, 0.717) is 6.54 Å². The van der Waals surface area contributed by atoms with Crippen LogP contribution in [0.5, 0.6) is 0 Å². The Morgan fingerprint density at radius 2 is 1.81 bits per heavy atom. The summed E-state index contributed by atoms with van der Waals surface area (Å²) in [7, 11) is -16.8. The number of ether oxygens (including phenoxy) is 1. The third-order valence-corrected chi connectivity index (χ3v) is 8.34. The third-order valence-electron chi connectivity index (χ3n) is 4.54. The van der Waals surface area contributed by atoms with Gasteiger partial charge < -0.3 is 39.8 Å². The maximum absolute atomic E-state index is 12.3. The average molecular weight is 579 g/mol. The zero-order valence-electron chi connectivity index (χ0n) is 18.5. The first-order chi connectivity index (χ1) is 16.5. The van der Waals surface area contributed by atoms with Crippen molar-refractivity contribution in [3.63, 3.8) is 0 Å². The maximum atomic E-state index is 12.3. The lowest BCUT2D eigenvalue weighted by molar-refractivity contribution is -0.0503. The van der Waals surface area contributed by atoms with Gasteiger partial charge in [0.25, 0.3) is 5.56 Å². The van der Waals surface area contributed by atoms with E-state index in [9.17, 15) is 38.5 Å². The van der Waals surface area contributed by atoms with Gasteiger partial charge in [0.15, 0.2) is 17.4 Å². The van der Waals surface area contributed by atoms with Crippen LogP contribution < -0.4 is 10.9 Å². The van der Waals surface area contributed by atoms with Gasteiger partial charge in [0, 0.05) is 6.54 Å². The molecular formula is C14H24N5O14P3. The fraction of sp³-hybridized carbons (Fsp3) is 0.643. The SMILES string of the molecule is CC(C)CNc1nc2c(ncn2[C@@H]2O[C@H](COP(=O)(O)OP(=O)(O)OP(=O)(O)O)[C@@H](O)[C@H]2O)c(=O)[nH]1. The first-order valence-electron chi connectivity index (χ1n) is 9.98. The van der Waals surface area contributed by atoms with Gasteiger partial charge in [0.1, 0.15) is 18.3 Å². The van der Waals surface area contributed by atoms with Crippen molar-refractivity contribution in [1.29, 1.82) is 0 Å². The summed E-state index contributed by atoms with van der Waals surface area (Å²) >= 11 is 0. The Balaban J connectivity index is 1.75. The van der Waals surface area contributed by atoms with Gasteiger partial charge in [-0.3, -0.25) is 18.9 Å². The molecule has 36 heavy (non-hydrogen) atoms. The van der Waals surface area contributed by atoms with Crippen LogP contribution in [0.15, 0.2) is 11.1 Å². The van der Waals surface area contributed by atoms with Gasteiger partial charge in [-0.25, -0.2) is 18.7 Å². The quantitative estimate of drug-likeness (QED) is 0.150. The number of aliphatic hydroxyl groups excluding tert-OH is 2. The summed E-state index contributed by atoms with van der Waals surface area (Å²) in [5, 5.41) is 23.7.